The first-order valence-corrected chi connectivity index (χ1v) is 10.6. The number of hydrogen-bond donors (Lipinski definition) is 0. The van der Waals surface area contributed by atoms with Gasteiger partial charge in [0.25, 0.3) is 0 Å². The molecule has 1 aromatic heterocycles. The summed E-state index contributed by atoms with van der Waals surface area (Å²) in [4.78, 5) is 23.6. The van der Waals surface area contributed by atoms with E-state index in [4.69, 9.17) is 37.4 Å². The Labute approximate surface area is 201 Å². The number of carbonyl (C=O) groups is 2. The fourth-order valence-corrected chi connectivity index (χ4v) is 3.87. The minimum absolute atomic E-state index is 0.000257. The average molecular weight is 490 g/mol. The number of halogens is 2. The van der Waals surface area contributed by atoms with Crippen molar-refractivity contribution in [3.05, 3.63) is 92.4 Å². The van der Waals surface area contributed by atoms with Gasteiger partial charge in [-0.05, 0) is 23.3 Å². The predicted molar refractivity (Wildman–Crippen MR) is 123 cm³/mol. The lowest BCUT2D eigenvalue weighted by Crippen LogP contribution is -2.25. The molecule has 1 heterocycles. The number of hydrogen-bond acceptors (Lipinski definition) is 6. The van der Waals surface area contributed by atoms with Crippen molar-refractivity contribution in [3.63, 3.8) is 0 Å². The molecule has 0 fully saturated rings. The van der Waals surface area contributed by atoms with Gasteiger partial charge in [0, 0.05) is 17.5 Å². The molecule has 2 aromatic carbocycles. The van der Waals surface area contributed by atoms with Gasteiger partial charge in [-0.3, -0.25) is 9.59 Å². The molecule has 0 unspecified atom stereocenters. The number of aromatic nitrogens is 1. The van der Waals surface area contributed by atoms with Crippen molar-refractivity contribution in [2.45, 2.75) is 18.9 Å². The van der Waals surface area contributed by atoms with E-state index in [0.29, 0.717) is 38.5 Å². The average Bonchev–Trinajstić information content (AvgIpc) is 2.80. The van der Waals surface area contributed by atoms with Crippen LogP contribution in [0.3, 0.4) is 0 Å². The molecule has 0 saturated carbocycles. The summed E-state index contributed by atoms with van der Waals surface area (Å²) in [7, 11) is 3.02. The Morgan fingerprint density at radius 1 is 1.03 bits per heavy atom. The zero-order valence-corrected chi connectivity index (χ0v) is 19.4. The standard InChI is InChI=1S/C24H21Cl2NO6/c1-31-21-8-7-17(10-23(21)32-2)22(11-18-19(25)12-27(30)13-20(18)26)33-24(29)9-15-3-5-16(14-28)6-4-15/h3-8,10,12-14,22H,9,11H2,1-2H3/t22-/m0/s1. The second kappa shape index (κ2) is 11.0. The number of ether oxygens (including phenoxy) is 3. The van der Waals surface area contributed by atoms with Gasteiger partial charge in [-0.15, -0.1) is 0 Å². The molecule has 9 heteroatoms. The van der Waals surface area contributed by atoms with E-state index < -0.39 is 12.1 Å². The number of nitrogens with zero attached hydrogens (tertiary/aromatic N) is 1. The number of carbonyl (C=O) groups excluding carboxylic acids is 2. The first kappa shape index (κ1) is 24.4. The molecule has 0 aliphatic carbocycles. The number of aldehydes is 1. The van der Waals surface area contributed by atoms with Crippen molar-refractivity contribution in [2.75, 3.05) is 14.2 Å². The van der Waals surface area contributed by atoms with Crippen LogP contribution in [-0.4, -0.2) is 26.5 Å². The van der Waals surface area contributed by atoms with Crippen LogP contribution in [0.15, 0.2) is 54.9 Å². The maximum Gasteiger partial charge on any atom is 0.310 e. The highest BCUT2D eigenvalue weighted by Crippen LogP contribution is 2.35. The summed E-state index contributed by atoms with van der Waals surface area (Å²) in [6, 6.07) is 11.8. The van der Waals surface area contributed by atoms with E-state index in [1.165, 1.54) is 26.6 Å². The van der Waals surface area contributed by atoms with Gasteiger partial charge in [-0.2, -0.15) is 4.73 Å². The van der Waals surface area contributed by atoms with Crippen molar-refractivity contribution in [2.24, 2.45) is 0 Å². The molecule has 33 heavy (non-hydrogen) atoms. The van der Waals surface area contributed by atoms with Crippen molar-refractivity contribution < 1.29 is 28.5 Å². The zero-order valence-electron chi connectivity index (χ0n) is 17.9. The third kappa shape index (κ3) is 6.15. The Balaban J connectivity index is 1.91. The van der Waals surface area contributed by atoms with E-state index in [1.807, 2.05) is 0 Å². The minimum Gasteiger partial charge on any atom is -0.619 e. The highest BCUT2D eigenvalue weighted by atomic mass is 35.5. The number of esters is 1. The molecule has 0 N–H and O–H groups in total. The molecular weight excluding hydrogens is 469 g/mol. The van der Waals surface area contributed by atoms with Gasteiger partial charge in [0.05, 0.1) is 20.6 Å². The lowest BCUT2D eigenvalue weighted by Gasteiger charge is -2.21. The van der Waals surface area contributed by atoms with Gasteiger partial charge in [-0.1, -0.05) is 53.5 Å². The van der Waals surface area contributed by atoms with Gasteiger partial charge in [0.1, 0.15) is 22.4 Å². The summed E-state index contributed by atoms with van der Waals surface area (Å²) in [5.41, 5.74) is 2.30. The number of rotatable bonds is 9. The van der Waals surface area contributed by atoms with Gasteiger partial charge >= 0.3 is 5.97 Å². The monoisotopic (exact) mass is 489 g/mol. The predicted octanol–water partition coefficient (Wildman–Crippen LogP) is 4.53. The largest absolute Gasteiger partial charge is 0.619 e. The van der Waals surface area contributed by atoms with Gasteiger partial charge < -0.3 is 19.4 Å². The van der Waals surface area contributed by atoms with Crippen LogP contribution < -0.4 is 14.2 Å². The van der Waals surface area contributed by atoms with Crippen molar-refractivity contribution in [1.29, 1.82) is 0 Å². The van der Waals surface area contributed by atoms with Crippen LogP contribution in [0.4, 0.5) is 0 Å². The van der Waals surface area contributed by atoms with E-state index in [-0.39, 0.29) is 22.9 Å². The molecule has 0 spiro atoms. The molecule has 172 valence electrons. The fourth-order valence-electron chi connectivity index (χ4n) is 3.27. The zero-order chi connectivity index (χ0) is 24.0. The van der Waals surface area contributed by atoms with Crippen LogP contribution in [0.5, 0.6) is 11.5 Å². The van der Waals surface area contributed by atoms with Crippen LogP contribution in [0.1, 0.15) is 33.2 Å². The Morgan fingerprint density at radius 3 is 2.24 bits per heavy atom. The summed E-state index contributed by atoms with van der Waals surface area (Å²) < 4.78 is 17.0. The second-order valence-electron chi connectivity index (χ2n) is 7.13. The Hall–Kier alpha value is -3.29. The lowest BCUT2D eigenvalue weighted by molar-refractivity contribution is -0.605. The molecular formula is C24H21Cl2NO6. The molecule has 1 atom stereocenters. The molecule has 7 nitrogen and oxygen atoms in total. The molecule has 3 rings (SSSR count). The third-order valence-electron chi connectivity index (χ3n) is 4.96. The summed E-state index contributed by atoms with van der Waals surface area (Å²) in [6.07, 6.45) is 2.46. The molecule has 0 aliphatic heterocycles. The molecule has 0 aliphatic rings. The molecule has 0 saturated heterocycles. The lowest BCUT2D eigenvalue weighted by atomic mass is 10.0. The maximum absolute atomic E-state index is 12.8. The summed E-state index contributed by atoms with van der Waals surface area (Å²) in [5, 5.41) is 11.9. The molecule has 0 amide bonds. The number of pyridine rings is 1. The van der Waals surface area contributed by atoms with Gasteiger partial charge in [0.15, 0.2) is 23.9 Å². The first-order chi connectivity index (χ1) is 15.8. The van der Waals surface area contributed by atoms with E-state index in [0.717, 1.165) is 6.29 Å². The van der Waals surface area contributed by atoms with Gasteiger partial charge in [-0.25, -0.2) is 0 Å². The van der Waals surface area contributed by atoms with E-state index in [9.17, 15) is 14.8 Å². The van der Waals surface area contributed by atoms with Crippen LogP contribution in [0, 0.1) is 5.21 Å². The van der Waals surface area contributed by atoms with E-state index in [2.05, 4.69) is 0 Å². The van der Waals surface area contributed by atoms with Crippen molar-refractivity contribution >= 4 is 35.5 Å². The summed E-state index contributed by atoms with van der Waals surface area (Å²) in [5.74, 6) is 0.489. The SMILES string of the molecule is COc1ccc([C@H](Cc2c(Cl)c[n+]([O-])cc2Cl)OC(=O)Cc2ccc(C=O)cc2)cc1OC. The first-order valence-electron chi connectivity index (χ1n) is 9.86. The van der Waals surface area contributed by atoms with E-state index in [1.54, 1.807) is 42.5 Å². The van der Waals surface area contributed by atoms with Crippen LogP contribution in [0.25, 0.3) is 0 Å². The Kier molecular flexibility index (Phi) is 8.14. The molecule has 0 radical (unpaired) electrons. The topological polar surface area (TPSA) is 88.8 Å². The van der Waals surface area contributed by atoms with Crippen molar-refractivity contribution in [3.8, 4) is 11.5 Å². The van der Waals surface area contributed by atoms with Crippen molar-refractivity contribution in [1.82, 2.24) is 0 Å². The quantitative estimate of drug-likeness (QED) is 0.190. The maximum atomic E-state index is 12.8. The number of benzene rings is 2. The van der Waals surface area contributed by atoms with Crippen LogP contribution in [-0.2, 0) is 22.4 Å². The second-order valence-corrected chi connectivity index (χ2v) is 7.94. The van der Waals surface area contributed by atoms with Crippen LogP contribution in [0.2, 0.25) is 10.0 Å². The highest BCUT2D eigenvalue weighted by Gasteiger charge is 2.24. The summed E-state index contributed by atoms with van der Waals surface area (Å²) >= 11 is 12.5. The fraction of sp³-hybridized carbons (Fsp3) is 0.208. The van der Waals surface area contributed by atoms with Gasteiger partial charge in [0.2, 0.25) is 0 Å². The van der Waals surface area contributed by atoms with Crippen LogP contribution >= 0.6 is 23.2 Å². The summed E-state index contributed by atoms with van der Waals surface area (Å²) in [6.45, 7) is 0. The molecule has 3 aromatic rings. The third-order valence-corrected chi connectivity index (χ3v) is 5.62. The minimum atomic E-state index is -0.774. The normalized spacial score (nSPS) is 11.5. The Bertz CT molecular complexity index is 1130. The smallest absolute Gasteiger partial charge is 0.310 e. The molecule has 0 bridgehead atoms. The van der Waals surface area contributed by atoms with E-state index >= 15 is 0 Å². The number of methoxy groups -OCH3 is 2. The Morgan fingerprint density at radius 2 is 1.67 bits per heavy atom. The highest BCUT2D eigenvalue weighted by molar-refractivity contribution is 6.35.